The second-order valence-electron chi connectivity index (χ2n) is 3.55. The maximum Gasteiger partial charge on any atom is 0.108 e. The summed E-state index contributed by atoms with van der Waals surface area (Å²) in [4.78, 5) is 0. The molecule has 0 saturated heterocycles. The molecule has 0 atom stereocenters. The summed E-state index contributed by atoms with van der Waals surface area (Å²) in [5.74, 6) is 0.833. The highest BCUT2D eigenvalue weighted by Gasteiger charge is 1.93. The average molecular weight is 185 g/mol. The van der Waals surface area contributed by atoms with Gasteiger partial charge in [-0.05, 0) is 5.92 Å². The van der Waals surface area contributed by atoms with E-state index in [-0.39, 0.29) is 0 Å². The molecule has 1 aromatic rings. The van der Waals surface area contributed by atoms with E-state index in [9.17, 15) is 0 Å². The molecule has 0 amide bonds. The van der Waals surface area contributed by atoms with Crippen molar-refractivity contribution in [2.45, 2.75) is 27.4 Å². The SMILES string of the molecule is CC(C)C.COCc1cn(C)nn1. The van der Waals surface area contributed by atoms with Crippen LogP contribution in [0.1, 0.15) is 26.5 Å². The molecule has 0 bridgehead atoms. The lowest BCUT2D eigenvalue weighted by atomic mass is 10.3. The summed E-state index contributed by atoms with van der Waals surface area (Å²) < 4.78 is 6.47. The van der Waals surface area contributed by atoms with Crippen LogP contribution >= 0.6 is 0 Å². The van der Waals surface area contributed by atoms with Crippen LogP contribution in [0.2, 0.25) is 0 Å². The molecular formula is C9H19N3O. The van der Waals surface area contributed by atoms with Crippen molar-refractivity contribution in [2.24, 2.45) is 13.0 Å². The predicted octanol–water partition coefficient (Wildman–Crippen LogP) is 1.62. The van der Waals surface area contributed by atoms with E-state index >= 15 is 0 Å². The van der Waals surface area contributed by atoms with Crippen molar-refractivity contribution in [3.05, 3.63) is 11.9 Å². The Morgan fingerprint density at radius 3 is 2.31 bits per heavy atom. The second kappa shape index (κ2) is 6.60. The van der Waals surface area contributed by atoms with Gasteiger partial charge in [0.25, 0.3) is 0 Å². The first-order valence-electron chi connectivity index (χ1n) is 4.40. The van der Waals surface area contributed by atoms with E-state index in [2.05, 4.69) is 31.1 Å². The fourth-order valence-corrected chi connectivity index (χ4v) is 0.609. The van der Waals surface area contributed by atoms with E-state index in [1.165, 1.54) is 0 Å². The first-order chi connectivity index (χ1) is 6.06. The molecule has 0 aliphatic heterocycles. The molecule has 0 aliphatic carbocycles. The fraction of sp³-hybridized carbons (Fsp3) is 0.778. The zero-order valence-electron chi connectivity index (χ0n) is 9.11. The molecule has 0 unspecified atom stereocenters. The highest BCUT2D eigenvalue weighted by Crippen LogP contribution is 1.91. The molecule has 0 saturated carbocycles. The van der Waals surface area contributed by atoms with Crippen LogP contribution in [0.25, 0.3) is 0 Å². The Morgan fingerprint density at radius 2 is 2.00 bits per heavy atom. The lowest BCUT2D eigenvalue weighted by molar-refractivity contribution is 0.181. The monoisotopic (exact) mass is 185 g/mol. The molecule has 0 aromatic carbocycles. The maximum atomic E-state index is 4.83. The van der Waals surface area contributed by atoms with Crippen molar-refractivity contribution in [3.63, 3.8) is 0 Å². The van der Waals surface area contributed by atoms with E-state index in [0.29, 0.717) is 6.61 Å². The number of rotatable bonds is 2. The van der Waals surface area contributed by atoms with Gasteiger partial charge in [-0.2, -0.15) is 0 Å². The van der Waals surface area contributed by atoms with Gasteiger partial charge in [-0.15, -0.1) is 5.10 Å². The van der Waals surface area contributed by atoms with E-state index in [1.54, 1.807) is 11.8 Å². The minimum Gasteiger partial charge on any atom is -0.378 e. The molecule has 1 heterocycles. The molecule has 76 valence electrons. The van der Waals surface area contributed by atoms with Gasteiger partial charge in [0.1, 0.15) is 5.69 Å². The summed E-state index contributed by atoms with van der Waals surface area (Å²) >= 11 is 0. The van der Waals surface area contributed by atoms with Gasteiger partial charge in [0.15, 0.2) is 0 Å². The van der Waals surface area contributed by atoms with Crippen molar-refractivity contribution < 1.29 is 4.74 Å². The number of aryl methyl sites for hydroxylation is 1. The molecular weight excluding hydrogens is 166 g/mol. The molecule has 1 aromatic heterocycles. The van der Waals surface area contributed by atoms with Crippen LogP contribution in [0.4, 0.5) is 0 Å². The van der Waals surface area contributed by atoms with Gasteiger partial charge in [-0.25, -0.2) is 0 Å². The summed E-state index contributed by atoms with van der Waals surface area (Å²) in [6.07, 6.45) is 1.82. The Labute approximate surface area is 79.9 Å². The standard InChI is InChI=1S/C5H9N3O.C4H10/c1-8-3-5(4-9-2)6-7-8;1-4(2)3/h3H,4H2,1-2H3;4H,1-3H3. The Bertz CT molecular complexity index is 218. The second-order valence-corrected chi connectivity index (χ2v) is 3.55. The van der Waals surface area contributed by atoms with Crippen LogP contribution in [0.15, 0.2) is 6.20 Å². The molecule has 1 rings (SSSR count). The minimum atomic E-state index is 0.536. The Morgan fingerprint density at radius 1 is 1.46 bits per heavy atom. The van der Waals surface area contributed by atoms with Crippen LogP contribution in [0.3, 0.4) is 0 Å². The number of ether oxygens (including phenoxy) is 1. The van der Waals surface area contributed by atoms with Gasteiger partial charge in [-0.3, -0.25) is 4.68 Å². The third-order valence-corrected chi connectivity index (χ3v) is 0.942. The van der Waals surface area contributed by atoms with E-state index in [1.807, 2.05) is 13.2 Å². The Kier molecular flexibility index (Phi) is 6.14. The van der Waals surface area contributed by atoms with E-state index in [0.717, 1.165) is 11.6 Å². The molecule has 0 N–H and O–H groups in total. The maximum absolute atomic E-state index is 4.83. The lowest BCUT2D eigenvalue weighted by Gasteiger charge is -1.87. The van der Waals surface area contributed by atoms with Crippen LogP contribution in [-0.2, 0) is 18.4 Å². The number of nitrogens with zero attached hydrogens (tertiary/aromatic N) is 3. The molecule has 0 fully saturated rings. The molecule has 13 heavy (non-hydrogen) atoms. The molecule has 0 aliphatic rings. The van der Waals surface area contributed by atoms with Gasteiger partial charge in [0.2, 0.25) is 0 Å². The smallest absolute Gasteiger partial charge is 0.108 e. The molecule has 4 heteroatoms. The third kappa shape index (κ3) is 7.46. The van der Waals surface area contributed by atoms with Crippen molar-refractivity contribution in [1.82, 2.24) is 15.0 Å². The first kappa shape index (κ1) is 12.1. The normalized spacial score (nSPS) is 9.69. The molecule has 0 spiro atoms. The highest BCUT2D eigenvalue weighted by molar-refractivity contribution is 4.88. The summed E-state index contributed by atoms with van der Waals surface area (Å²) in [6.45, 7) is 7.04. The Balaban J connectivity index is 0.000000310. The zero-order valence-corrected chi connectivity index (χ0v) is 9.11. The van der Waals surface area contributed by atoms with Crippen LogP contribution in [0, 0.1) is 5.92 Å². The summed E-state index contributed by atoms with van der Waals surface area (Å²) in [7, 11) is 3.46. The summed E-state index contributed by atoms with van der Waals surface area (Å²) in [6, 6.07) is 0. The molecule has 4 nitrogen and oxygen atoms in total. The Hall–Kier alpha value is -0.900. The van der Waals surface area contributed by atoms with Gasteiger partial charge in [0, 0.05) is 14.2 Å². The lowest BCUT2D eigenvalue weighted by Crippen LogP contribution is -1.85. The zero-order chi connectivity index (χ0) is 10.3. The van der Waals surface area contributed by atoms with Crippen molar-refractivity contribution in [1.29, 1.82) is 0 Å². The van der Waals surface area contributed by atoms with Crippen molar-refractivity contribution in [3.8, 4) is 0 Å². The first-order valence-corrected chi connectivity index (χ1v) is 4.40. The van der Waals surface area contributed by atoms with Gasteiger partial charge in [-0.1, -0.05) is 26.0 Å². The summed E-state index contributed by atoms with van der Waals surface area (Å²) in [5.41, 5.74) is 0.861. The van der Waals surface area contributed by atoms with Gasteiger partial charge >= 0.3 is 0 Å². The largest absolute Gasteiger partial charge is 0.378 e. The number of methoxy groups -OCH3 is 1. The van der Waals surface area contributed by atoms with Crippen LogP contribution in [0.5, 0.6) is 0 Å². The van der Waals surface area contributed by atoms with E-state index in [4.69, 9.17) is 4.74 Å². The molecule has 0 radical (unpaired) electrons. The van der Waals surface area contributed by atoms with Gasteiger partial charge < -0.3 is 4.74 Å². The third-order valence-electron chi connectivity index (χ3n) is 0.942. The van der Waals surface area contributed by atoms with Crippen LogP contribution < -0.4 is 0 Å². The van der Waals surface area contributed by atoms with Crippen molar-refractivity contribution in [2.75, 3.05) is 7.11 Å². The van der Waals surface area contributed by atoms with Crippen LogP contribution in [-0.4, -0.2) is 22.1 Å². The average Bonchev–Trinajstić information content (AvgIpc) is 2.35. The number of hydrogen-bond acceptors (Lipinski definition) is 3. The summed E-state index contributed by atoms with van der Waals surface area (Å²) in [5, 5.41) is 7.52. The highest BCUT2D eigenvalue weighted by atomic mass is 16.5. The quantitative estimate of drug-likeness (QED) is 0.703. The topological polar surface area (TPSA) is 39.9 Å². The van der Waals surface area contributed by atoms with E-state index < -0.39 is 0 Å². The fourth-order valence-electron chi connectivity index (χ4n) is 0.609. The minimum absolute atomic E-state index is 0.536. The number of aromatic nitrogens is 3. The number of hydrogen-bond donors (Lipinski definition) is 0. The van der Waals surface area contributed by atoms with Crippen molar-refractivity contribution >= 4 is 0 Å². The van der Waals surface area contributed by atoms with Gasteiger partial charge in [0.05, 0.1) is 12.8 Å². The predicted molar refractivity (Wildman–Crippen MR) is 52.2 cm³/mol.